The van der Waals surface area contributed by atoms with E-state index in [0.717, 1.165) is 10.4 Å². The largest absolute Gasteiger partial charge is 0.405 e. The van der Waals surface area contributed by atoms with E-state index >= 15 is 0 Å². The van der Waals surface area contributed by atoms with Gasteiger partial charge >= 0.3 is 0 Å². The number of hydrogen-bond acceptors (Lipinski definition) is 10. The molecule has 3 rings (SSSR count). The average Bonchev–Trinajstić information content (AvgIpc) is 2.97. The summed E-state index contributed by atoms with van der Waals surface area (Å²) in [4.78, 5) is 0. The molecular weight excluding hydrogens is 548 g/mol. The average molecular weight is 597 g/mol. The van der Waals surface area contributed by atoms with Gasteiger partial charge in [-0.2, -0.15) is 0 Å². The number of ether oxygens (including phenoxy) is 1. The number of rotatable bonds is 10. The molecule has 0 amide bonds. The highest BCUT2D eigenvalue weighted by molar-refractivity contribution is 6.99. The van der Waals surface area contributed by atoms with Crippen molar-refractivity contribution in [3.05, 3.63) is 60.7 Å². The zero-order valence-corrected chi connectivity index (χ0v) is 25.5. The zero-order valence-electron chi connectivity index (χ0n) is 24.5. The van der Waals surface area contributed by atoms with Crippen molar-refractivity contribution in [3.8, 4) is 0 Å². The Morgan fingerprint density at radius 3 is 1.61 bits per heavy atom. The lowest BCUT2D eigenvalue weighted by atomic mass is 9.97. The molecule has 1 heterocycles. The first-order chi connectivity index (χ1) is 19.2. The maximum atomic E-state index is 10.5. The van der Waals surface area contributed by atoms with Crippen molar-refractivity contribution in [2.24, 2.45) is 0 Å². The third-order valence-electron chi connectivity index (χ3n) is 7.53. The molecule has 1 saturated heterocycles. The van der Waals surface area contributed by atoms with E-state index in [1.165, 1.54) is 0 Å². The van der Waals surface area contributed by atoms with Crippen LogP contribution in [0.3, 0.4) is 0 Å². The molecule has 1 aliphatic heterocycles. The second-order valence-electron chi connectivity index (χ2n) is 11.4. The lowest BCUT2D eigenvalue weighted by Crippen LogP contribution is -2.67. The number of hydrogen-bond donors (Lipinski definition) is 8. The fourth-order valence-corrected chi connectivity index (χ4v) is 9.61. The van der Waals surface area contributed by atoms with Gasteiger partial charge in [-0.25, -0.2) is 0 Å². The molecule has 0 saturated carbocycles. The summed E-state index contributed by atoms with van der Waals surface area (Å²) in [5.41, 5.74) is 0. The van der Waals surface area contributed by atoms with Crippen LogP contribution >= 0.6 is 0 Å². The van der Waals surface area contributed by atoms with E-state index in [-0.39, 0.29) is 18.1 Å². The fourth-order valence-electron chi connectivity index (χ4n) is 5.04. The smallest absolute Gasteiger partial charge is 0.261 e. The molecular formula is C30H48O10Si. The molecule has 9 unspecified atom stereocenters. The van der Waals surface area contributed by atoms with Gasteiger partial charge in [0.1, 0.15) is 36.6 Å². The number of aliphatic hydroxyl groups excluding tert-OH is 8. The first kappa shape index (κ1) is 35.5. The molecule has 0 bridgehead atoms. The second kappa shape index (κ2) is 15.6. The Bertz CT molecular complexity index is 961. The molecule has 0 aliphatic carbocycles. The SMILES string of the molecule is CCC(O)C(O)C(O)C(O)CO[Si](c1ccccc1)(c1ccccc1)C(C)(C)C.CCC1OC(O)C(O)C(O)C1O. The molecule has 0 radical (unpaired) electrons. The van der Waals surface area contributed by atoms with E-state index < -0.39 is 63.4 Å². The van der Waals surface area contributed by atoms with Gasteiger partial charge in [0, 0.05) is 0 Å². The summed E-state index contributed by atoms with van der Waals surface area (Å²) in [6, 6.07) is 20.0. The first-order valence-corrected chi connectivity index (χ1v) is 16.0. The molecule has 10 nitrogen and oxygen atoms in total. The summed E-state index contributed by atoms with van der Waals surface area (Å²) in [7, 11) is -2.84. The minimum atomic E-state index is -2.84. The van der Waals surface area contributed by atoms with E-state index in [1.54, 1.807) is 13.8 Å². The maximum Gasteiger partial charge on any atom is 0.261 e. The van der Waals surface area contributed by atoms with Gasteiger partial charge in [-0.1, -0.05) is 95.3 Å². The zero-order chi connectivity index (χ0) is 31.0. The lowest BCUT2D eigenvalue weighted by Gasteiger charge is -2.43. The van der Waals surface area contributed by atoms with Crippen LogP contribution in [-0.4, -0.2) is 111 Å². The summed E-state index contributed by atoms with van der Waals surface area (Å²) >= 11 is 0. The fraction of sp³-hybridized carbons (Fsp3) is 0.600. The normalized spacial score (nSPS) is 26.3. The van der Waals surface area contributed by atoms with Gasteiger partial charge in [-0.3, -0.25) is 0 Å². The lowest BCUT2D eigenvalue weighted by molar-refractivity contribution is -0.281. The number of benzene rings is 2. The number of aliphatic hydroxyl groups is 8. The molecule has 9 atom stereocenters. The van der Waals surface area contributed by atoms with Crippen molar-refractivity contribution in [1.82, 2.24) is 0 Å². The molecule has 0 spiro atoms. The van der Waals surface area contributed by atoms with E-state index in [9.17, 15) is 30.6 Å². The van der Waals surface area contributed by atoms with Crippen LogP contribution in [0.5, 0.6) is 0 Å². The summed E-state index contributed by atoms with van der Waals surface area (Å²) < 4.78 is 11.4. The van der Waals surface area contributed by atoms with Crippen LogP contribution in [0, 0.1) is 0 Å². The van der Waals surface area contributed by atoms with Crippen LogP contribution in [0.25, 0.3) is 0 Å². The highest BCUT2D eigenvalue weighted by Crippen LogP contribution is 2.37. The molecule has 8 N–H and O–H groups in total. The molecule has 2 aromatic rings. The van der Waals surface area contributed by atoms with E-state index in [1.807, 2.05) is 60.7 Å². The van der Waals surface area contributed by atoms with Gasteiger partial charge in [0.15, 0.2) is 6.29 Å². The van der Waals surface area contributed by atoms with E-state index in [0.29, 0.717) is 6.42 Å². The van der Waals surface area contributed by atoms with Crippen LogP contribution in [0.2, 0.25) is 5.04 Å². The predicted molar refractivity (Wildman–Crippen MR) is 157 cm³/mol. The third kappa shape index (κ3) is 8.43. The quantitative estimate of drug-likeness (QED) is 0.168. The molecule has 1 aliphatic rings. The van der Waals surface area contributed by atoms with Crippen molar-refractivity contribution in [3.63, 3.8) is 0 Å². The second-order valence-corrected chi connectivity index (χ2v) is 15.7. The molecule has 1 fully saturated rings. The summed E-state index contributed by atoms with van der Waals surface area (Å²) in [5.74, 6) is 0. The van der Waals surface area contributed by atoms with Gasteiger partial charge in [0.2, 0.25) is 0 Å². The Hall–Kier alpha value is -1.74. The minimum absolute atomic E-state index is 0.151. The summed E-state index contributed by atoms with van der Waals surface area (Å²) in [5, 5.41) is 79.1. The van der Waals surface area contributed by atoms with Crippen LogP contribution in [-0.2, 0) is 9.16 Å². The standard InChI is InChI=1S/C23H34O5Si.C7H14O5/c1-5-19(24)21(26)22(27)20(25)16-28-29(23(2,3)4,17-12-8-6-9-13-17)18-14-10-7-11-15-18;1-2-3-4(8)5(9)6(10)7(11)12-3/h6-15,19-22,24-27H,5,16H2,1-4H3;3-11H,2H2,1H3. The molecule has 41 heavy (non-hydrogen) atoms. The molecule has 11 heteroatoms. The monoisotopic (exact) mass is 596 g/mol. The van der Waals surface area contributed by atoms with Crippen molar-refractivity contribution in [2.75, 3.05) is 6.61 Å². The highest BCUT2D eigenvalue weighted by Gasteiger charge is 2.50. The van der Waals surface area contributed by atoms with Crippen molar-refractivity contribution in [2.45, 2.75) is 108 Å². The van der Waals surface area contributed by atoms with E-state index in [4.69, 9.17) is 19.4 Å². The predicted octanol–water partition coefficient (Wildman–Crippen LogP) is -0.387. The van der Waals surface area contributed by atoms with Crippen molar-refractivity contribution in [1.29, 1.82) is 0 Å². The molecule has 232 valence electrons. The molecule has 0 aromatic heterocycles. The van der Waals surface area contributed by atoms with Gasteiger partial charge in [-0.15, -0.1) is 0 Å². The van der Waals surface area contributed by atoms with E-state index in [2.05, 4.69) is 20.8 Å². The minimum Gasteiger partial charge on any atom is -0.405 e. The Balaban J connectivity index is 0.000000408. The Morgan fingerprint density at radius 2 is 1.20 bits per heavy atom. The third-order valence-corrected chi connectivity index (χ3v) is 12.5. The van der Waals surface area contributed by atoms with Gasteiger partial charge < -0.3 is 50.0 Å². The Morgan fingerprint density at radius 1 is 0.732 bits per heavy atom. The Labute approximate surface area is 243 Å². The van der Waals surface area contributed by atoms with Gasteiger partial charge in [-0.05, 0) is 28.3 Å². The Kier molecular flexibility index (Phi) is 13.5. The first-order valence-electron chi connectivity index (χ1n) is 14.1. The van der Waals surface area contributed by atoms with Crippen LogP contribution < -0.4 is 10.4 Å². The topological polar surface area (TPSA) is 180 Å². The van der Waals surface area contributed by atoms with Gasteiger partial charge in [0.25, 0.3) is 8.32 Å². The van der Waals surface area contributed by atoms with Crippen molar-refractivity contribution < 1.29 is 50.0 Å². The summed E-state index contributed by atoms with van der Waals surface area (Å²) in [6.45, 7) is 9.67. The van der Waals surface area contributed by atoms with Gasteiger partial charge in [0.05, 0.1) is 18.8 Å². The maximum absolute atomic E-state index is 10.5. The summed E-state index contributed by atoms with van der Waals surface area (Å²) in [6.07, 6.45) is -10.5. The molecule has 2 aromatic carbocycles. The van der Waals surface area contributed by atoms with Crippen LogP contribution in [0.4, 0.5) is 0 Å². The van der Waals surface area contributed by atoms with Crippen molar-refractivity contribution >= 4 is 18.7 Å². The van der Waals surface area contributed by atoms with Crippen LogP contribution in [0.15, 0.2) is 60.7 Å². The highest BCUT2D eigenvalue weighted by atomic mass is 28.4. The van der Waals surface area contributed by atoms with Crippen LogP contribution in [0.1, 0.15) is 47.5 Å².